The van der Waals surface area contributed by atoms with Gasteiger partial charge in [-0.2, -0.15) is 14.8 Å². The van der Waals surface area contributed by atoms with E-state index in [0.717, 1.165) is 75.9 Å². The summed E-state index contributed by atoms with van der Waals surface area (Å²) in [4.78, 5) is 21.6. The number of carbonyl (C=O) groups excluding carboxylic acids is 1. The van der Waals surface area contributed by atoms with Crippen molar-refractivity contribution in [2.24, 2.45) is 11.8 Å². The fraction of sp³-hybridized carbons (Fsp3) is 0.615. The molecule has 2 aliphatic heterocycles. The normalized spacial score (nSPS) is 22.1. The van der Waals surface area contributed by atoms with Crippen molar-refractivity contribution in [1.82, 2.24) is 29.7 Å². The zero-order chi connectivity index (χ0) is 24.1. The summed E-state index contributed by atoms with van der Waals surface area (Å²) in [5.74, 6) is 2.16. The van der Waals surface area contributed by atoms with E-state index in [1.807, 2.05) is 19.9 Å². The third-order valence-corrected chi connectivity index (χ3v) is 7.83. The molecule has 2 aromatic heterocycles. The molecule has 0 bridgehead atoms. The van der Waals surface area contributed by atoms with E-state index in [1.54, 1.807) is 6.07 Å². The van der Waals surface area contributed by atoms with Gasteiger partial charge in [-0.1, -0.05) is 26.0 Å². The smallest absolute Gasteiger partial charge is 0.291 e. The Hall–Kier alpha value is -2.81. The molecular weight excluding hydrogens is 447 g/mol. The van der Waals surface area contributed by atoms with Crippen LogP contribution in [0.4, 0.5) is 4.39 Å². The molecule has 0 radical (unpaired) electrons. The highest BCUT2D eigenvalue weighted by Crippen LogP contribution is 2.34. The van der Waals surface area contributed by atoms with Crippen LogP contribution in [0.15, 0.2) is 22.7 Å². The van der Waals surface area contributed by atoms with Crippen LogP contribution in [-0.4, -0.2) is 68.4 Å². The third-order valence-electron chi connectivity index (χ3n) is 7.83. The molecule has 3 fully saturated rings. The van der Waals surface area contributed by atoms with Crippen molar-refractivity contribution in [3.63, 3.8) is 0 Å². The summed E-state index contributed by atoms with van der Waals surface area (Å²) in [6.45, 7) is 8.92. The van der Waals surface area contributed by atoms with Gasteiger partial charge < -0.3 is 14.3 Å². The Morgan fingerprint density at radius 1 is 1.14 bits per heavy atom. The van der Waals surface area contributed by atoms with E-state index >= 15 is 0 Å². The van der Waals surface area contributed by atoms with Crippen LogP contribution >= 0.6 is 0 Å². The van der Waals surface area contributed by atoms with Crippen molar-refractivity contribution in [2.45, 2.75) is 57.8 Å². The van der Waals surface area contributed by atoms with Gasteiger partial charge in [-0.3, -0.25) is 4.79 Å². The van der Waals surface area contributed by atoms with Crippen molar-refractivity contribution >= 4 is 16.8 Å². The molecule has 0 unspecified atom stereocenters. The number of aromatic nitrogens is 4. The second kappa shape index (κ2) is 9.00. The van der Waals surface area contributed by atoms with E-state index in [9.17, 15) is 9.18 Å². The summed E-state index contributed by atoms with van der Waals surface area (Å²) < 4.78 is 21.8. The number of amides is 1. The van der Waals surface area contributed by atoms with Gasteiger partial charge in [-0.15, -0.1) is 0 Å². The van der Waals surface area contributed by atoms with Gasteiger partial charge >= 0.3 is 0 Å². The Balaban J connectivity index is 1.10. The van der Waals surface area contributed by atoms with Crippen molar-refractivity contribution in [3.8, 4) is 5.95 Å². The molecule has 2 saturated heterocycles. The molecule has 186 valence electrons. The molecule has 1 amide bonds. The van der Waals surface area contributed by atoms with Crippen LogP contribution in [0.2, 0.25) is 0 Å². The van der Waals surface area contributed by atoms with E-state index in [-0.39, 0.29) is 23.6 Å². The highest BCUT2D eigenvalue weighted by Gasteiger charge is 2.37. The lowest BCUT2D eigenvalue weighted by atomic mass is 9.95. The summed E-state index contributed by atoms with van der Waals surface area (Å²) >= 11 is 0. The number of piperidine rings is 1. The number of para-hydroxylation sites is 1. The fourth-order valence-corrected chi connectivity index (χ4v) is 5.70. The lowest BCUT2D eigenvalue weighted by Gasteiger charge is -2.32. The summed E-state index contributed by atoms with van der Waals surface area (Å²) in [5.41, 5.74) is 1.22. The first-order valence-electron chi connectivity index (χ1n) is 13.0. The van der Waals surface area contributed by atoms with E-state index in [1.165, 1.54) is 10.7 Å². The molecule has 9 heteroatoms. The summed E-state index contributed by atoms with van der Waals surface area (Å²) in [5, 5.41) is 9.59. The van der Waals surface area contributed by atoms with E-state index in [4.69, 9.17) is 4.52 Å². The summed E-state index contributed by atoms with van der Waals surface area (Å²) in [6.07, 6.45) is 5.16. The Morgan fingerprint density at radius 2 is 1.94 bits per heavy atom. The summed E-state index contributed by atoms with van der Waals surface area (Å²) in [7, 11) is 0. The SMILES string of the molecule is CC(C)c1nn(-c2noc(C3CCN(C[C@H]4CCN(C(=O)C5CC5)C4)CC3)n2)c2c(F)cccc12. The van der Waals surface area contributed by atoms with Crippen molar-refractivity contribution in [2.75, 3.05) is 32.7 Å². The van der Waals surface area contributed by atoms with Gasteiger partial charge in [0.15, 0.2) is 0 Å². The van der Waals surface area contributed by atoms with Gasteiger partial charge in [0.05, 0.1) is 5.69 Å². The third kappa shape index (κ3) is 4.35. The van der Waals surface area contributed by atoms with Crippen LogP contribution in [0.5, 0.6) is 0 Å². The zero-order valence-corrected chi connectivity index (χ0v) is 20.5. The molecule has 35 heavy (non-hydrogen) atoms. The highest BCUT2D eigenvalue weighted by molar-refractivity contribution is 5.84. The quantitative estimate of drug-likeness (QED) is 0.528. The molecule has 6 rings (SSSR count). The molecular formula is C26H33FN6O2. The van der Waals surface area contributed by atoms with Gasteiger partial charge in [0.1, 0.15) is 11.3 Å². The molecule has 3 aliphatic rings. The van der Waals surface area contributed by atoms with Gasteiger partial charge in [-0.05, 0) is 68.3 Å². The molecule has 0 N–H and O–H groups in total. The molecule has 4 heterocycles. The van der Waals surface area contributed by atoms with Gasteiger partial charge in [0, 0.05) is 36.9 Å². The minimum Gasteiger partial charge on any atom is -0.342 e. The standard InChI is InChI=1S/C26H33FN6O2/c1-16(2)22-20-4-3-5-21(27)23(20)33(29-22)26-28-24(35-30-26)18-9-11-31(12-10-18)14-17-8-13-32(15-17)25(34)19-6-7-19/h3-5,16-19H,6-15H2,1-2H3/t17-/m1/s1. The van der Waals surface area contributed by atoms with Crippen LogP contribution in [0.25, 0.3) is 16.9 Å². The number of carbonyl (C=O) groups is 1. The number of benzene rings is 1. The van der Waals surface area contributed by atoms with Gasteiger partial charge in [-0.25, -0.2) is 4.39 Å². The maximum atomic E-state index is 14.7. The molecule has 1 atom stereocenters. The average molecular weight is 481 g/mol. The van der Waals surface area contributed by atoms with Crippen molar-refractivity contribution in [3.05, 3.63) is 35.6 Å². The van der Waals surface area contributed by atoms with Crippen LogP contribution in [-0.2, 0) is 4.79 Å². The fourth-order valence-electron chi connectivity index (χ4n) is 5.70. The second-order valence-electron chi connectivity index (χ2n) is 10.8. The van der Waals surface area contributed by atoms with Gasteiger partial charge in [0.25, 0.3) is 5.95 Å². The molecule has 8 nitrogen and oxygen atoms in total. The highest BCUT2D eigenvalue weighted by atomic mass is 19.1. The maximum absolute atomic E-state index is 14.7. The van der Waals surface area contributed by atoms with Crippen LogP contribution in [0, 0.1) is 17.7 Å². The topological polar surface area (TPSA) is 80.3 Å². The molecule has 1 saturated carbocycles. The molecule has 1 aliphatic carbocycles. The molecule has 3 aromatic rings. The number of hydrogen-bond donors (Lipinski definition) is 0. The first kappa shape index (κ1) is 22.6. The Labute approximate surface area is 204 Å². The number of likely N-dealkylation sites (tertiary alicyclic amines) is 2. The van der Waals surface area contributed by atoms with Crippen molar-refractivity contribution in [1.29, 1.82) is 0 Å². The van der Waals surface area contributed by atoms with E-state index in [0.29, 0.717) is 29.2 Å². The first-order chi connectivity index (χ1) is 17.0. The predicted octanol–water partition coefficient (Wildman–Crippen LogP) is 4.11. The molecule has 0 spiro atoms. The number of halogens is 1. The largest absolute Gasteiger partial charge is 0.342 e. The van der Waals surface area contributed by atoms with Crippen LogP contribution in [0.3, 0.4) is 0 Å². The number of rotatable bonds is 6. The minimum absolute atomic E-state index is 0.148. The Morgan fingerprint density at radius 3 is 2.69 bits per heavy atom. The average Bonchev–Trinajstić information content (AvgIpc) is 3.23. The Bertz CT molecular complexity index is 1220. The predicted molar refractivity (Wildman–Crippen MR) is 129 cm³/mol. The summed E-state index contributed by atoms with van der Waals surface area (Å²) in [6, 6.07) is 5.03. The van der Waals surface area contributed by atoms with Crippen molar-refractivity contribution < 1.29 is 13.7 Å². The second-order valence-corrected chi connectivity index (χ2v) is 10.8. The van der Waals surface area contributed by atoms with Crippen LogP contribution in [0.1, 0.15) is 69.4 Å². The van der Waals surface area contributed by atoms with E-state index < -0.39 is 0 Å². The molecule has 1 aromatic carbocycles. The zero-order valence-electron chi connectivity index (χ0n) is 20.5. The number of nitrogens with zero attached hydrogens (tertiary/aromatic N) is 6. The first-order valence-corrected chi connectivity index (χ1v) is 13.0. The lowest BCUT2D eigenvalue weighted by molar-refractivity contribution is -0.131. The number of hydrogen-bond acceptors (Lipinski definition) is 6. The maximum Gasteiger partial charge on any atom is 0.291 e. The lowest BCUT2D eigenvalue weighted by Crippen LogP contribution is -2.38. The van der Waals surface area contributed by atoms with Gasteiger partial charge in [0.2, 0.25) is 11.8 Å². The Kier molecular flexibility index (Phi) is 5.82. The monoisotopic (exact) mass is 480 g/mol. The minimum atomic E-state index is -0.342. The van der Waals surface area contributed by atoms with Crippen LogP contribution < -0.4 is 0 Å². The number of fused-ring (bicyclic) bond motifs is 1. The van der Waals surface area contributed by atoms with E-state index in [2.05, 4.69) is 25.0 Å².